The van der Waals surface area contributed by atoms with Crippen LogP contribution in [0.3, 0.4) is 0 Å². The highest BCUT2D eigenvalue weighted by molar-refractivity contribution is 5.91. The van der Waals surface area contributed by atoms with E-state index in [1.54, 1.807) is 6.07 Å². The molecule has 1 amide bonds. The Labute approximate surface area is 71.0 Å². The van der Waals surface area contributed by atoms with Gasteiger partial charge in [0.05, 0.1) is 18.1 Å². The standard InChI is InChI=1S/C8H11N3O/c1-6(2)8(12)11-7-3-4-9-10-5-7/h3-6H,1-2H3,(H,9,11,12). The Morgan fingerprint density at radius 1 is 1.50 bits per heavy atom. The minimum absolute atomic E-state index is 0.0111. The van der Waals surface area contributed by atoms with E-state index in [0.717, 1.165) is 0 Å². The molecule has 64 valence electrons. The van der Waals surface area contributed by atoms with Crippen molar-refractivity contribution in [3.8, 4) is 0 Å². The van der Waals surface area contributed by atoms with Gasteiger partial charge in [0, 0.05) is 5.92 Å². The van der Waals surface area contributed by atoms with Crippen LogP contribution in [0.5, 0.6) is 0 Å². The number of aromatic nitrogens is 2. The molecule has 0 aliphatic heterocycles. The molecule has 0 radical (unpaired) electrons. The lowest BCUT2D eigenvalue weighted by Gasteiger charge is -2.05. The van der Waals surface area contributed by atoms with Crippen LogP contribution in [-0.2, 0) is 4.79 Å². The van der Waals surface area contributed by atoms with Gasteiger partial charge < -0.3 is 5.32 Å². The first-order chi connectivity index (χ1) is 5.70. The van der Waals surface area contributed by atoms with E-state index in [-0.39, 0.29) is 11.8 Å². The van der Waals surface area contributed by atoms with Crippen LogP contribution in [0, 0.1) is 5.92 Å². The summed E-state index contributed by atoms with van der Waals surface area (Å²) in [4.78, 5) is 11.2. The van der Waals surface area contributed by atoms with Crippen LogP contribution in [0.25, 0.3) is 0 Å². The maximum Gasteiger partial charge on any atom is 0.226 e. The van der Waals surface area contributed by atoms with E-state index in [1.807, 2.05) is 13.8 Å². The minimum Gasteiger partial charge on any atom is -0.324 e. The van der Waals surface area contributed by atoms with Crippen molar-refractivity contribution in [2.24, 2.45) is 5.92 Å². The first kappa shape index (κ1) is 8.64. The average Bonchev–Trinajstić information content (AvgIpc) is 2.06. The highest BCUT2D eigenvalue weighted by Gasteiger charge is 2.05. The Morgan fingerprint density at radius 2 is 2.25 bits per heavy atom. The quantitative estimate of drug-likeness (QED) is 0.713. The van der Waals surface area contributed by atoms with Crippen molar-refractivity contribution in [2.75, 3.05) is 5.32 Å². The van der Waals surface area contributed by atoms with Crippen LogP contribution in [0.1, 0.15) is 13.8 Å². The molecule has 12 heavy (non-hydrogen) atoms. The van der Waals surface area contributed by atoms with Crippen molar-refractivity contribution < 1.29 is 4.79 Å². The van der Waals surface area contributed by atoms with Crippen LogP contribution < -0.4 is 5.32 Å². The van der Waals surface area contributed by atoms with Gasteiger partial charge in [0.15, 0.2) is 0 Å². The third-order valence-corrected chi connectivity index (χ3v) is 1.38. The summed E-state index contributed by atoms with van der Waals surface area (Å²) >= 11 is 0. The lowest BCUT2D eigenvalue weighted by atomic mass is 10.2. The molecule has 1 N–H and O–H groups in total. The zero-order valence-electron chi connectivity index (χ0n) is 7.11. The maximum atomic E-state index is 11.2. The molecule has 4 nitrogen and oxygen atoms in total. The fraction of sp³-hybridized carbons (Fsp3) is 0.375. The highest BCUT2D eigenvalue weighted by Crippen LogP contribution is 2.03. The van der Waals surface area contributed by atoms with Gasteiger partial charge in [-0.3, -0.25) is 4.79 Å². The van der Waals surface area contributed by atoms with E-state index in [1.165, 1.54) is 12.4 Å². The fourth-order valence-corrected chi connectivity index (χ4v) is 0.651. The fourth-order valence-electron chi connectivity index (χ4n) is 0.651. The lowest BCUT2D eigenvalue weighted by Crippen LogP contribution is -2.17. The average molecular weight is 165 g/mol. The van der Waals surface area contributed by atoms with Crippen molar-refractivity contribution >= 4 is 11.6 Å². The van der Waals surface area contributed by atoms with Crippen LogP contribution in [-0.4, -0.2) is 16.1 Å². The molecule has 1 rings (SSSR count). The van der Waals surface area contributed by atoms with E-state index in [9.17, 15) is 4.79 Å². The van der Waals surface area contributed by atoms with E-state index in [2.05, 4.69) is 15.5 Å². The topological polar surface area (TPSA) is 54.9 Å². The van der Waals surface area contributed by atoms with Gasteiger partial charge in [0.25, 0.3) is 0 Å². The largest absolute Gasteiger partial charge is 0.324 e. The molecule has 1 heterocycles. The molecule has 4 heteroatoms. The zero-order valence-corrected chi connectivity index (χ0v) is 7.11. The molecule has 0 saturated heterocycles. The molecule has 1 aromatic rings. The highest BCUT2D eigenvalue weighted by atomic mass is 16.1. The summed E-state index contributed by atoms with van der Waals surface area (Å²) in [7, 11) is 0. The van der Waals surface area contributed by atoms with Crippen molar-refractivity contribution in [3.63, 3.8) is 0 Å². The molecule has 0 unspecified atom stereocenters. The number of hydrogen-bond donors (Lipinski definition) is 1. The van der Waals surface area contributed by atoms with Crippen LogP contribution in [0.4, 0.5) is 5.69 Å². The Bertz CT molecular complexity index is 258. The third kappa shape index (κ3) is 2.30. The second-order valence-corrected chi connectivity index (χ2v) is 2.78. The molecular formula is C8H11N3O. The molecule has 0 bridgehead atoms. The molecule has 1 aromatic heterocycles. The van der Waals surface area contributed by atoms with Crippen molar-refractivity contribution in [1.29, 1.82) is 0 Å². The number of carbonyl (C=O) groups is 1. The summed E-state index contributed by atoms with van der Waals surface area (Å²) in [6.45, 7) is 3.67. The van der Waals surface area contributed by atoms with Crippen LogP contribution in [0.15, 0.2) is 18.5 Å². The van der Waals surface area contributed by atoms with Gasteiger partial charge in [-0.15, -0.1) is 0 Å². The maximum absolute atomic E-state index is 11.2. The van der Waals surface area contributed by atoms with Crippen LogP contribution in [0.2, 0.25) is 0 Å². The first-order valence-electron chi connectivity index (χ1n) is 3.77. The summed E-state index contributed by atoms with van der Waals surface area (Å²) in [5, 5.41) is 9.93. The van der Waals surface area contributed by atoms with Crippen molar-refractivity contribution in [2.45, 2.75) is 13.8 Å². The number of hydrogen-bond acceptors (Lipinski definition) is 3. The smallest absolute Gasteiger partial charge is 0.226 e. The second-order valence-electron chi connectivity index (χ2n) is 2.78. The zero-order chi connectivity index (χ0) is 8.97. The van der Waals surface area contributed by atoms with Crippen molar-refractivity contribution in [1.82, 2.24) is 10.2 Å². The summed E-state index contributed by atoms with van der Waals surface area (Å²) in [5.41, 5.74) is 0.684. The summed E-state index contributed by atoms with van der Waals surface area (Å²) in [6, 6.07) is 1.70. The second kappa shape index (κ2) is 3.80. The predicted octanol–water partition coefficient (Wildman–Crippen LogP) is 1.07. The van der Waals surface area contributed by atoms with E-state index in [0.29, 0.717) is 5.69 Å². The molecular weight excluding hydrogens is 154 g/mol. The van der Waals surface area contributed by atoms with Gasteiger partial charge >= 0.3 is 0 Å². The van der Waals surface area contributed by atoms with Gasteiger partial charge in [-0.25, -0.2) is 0 Å². The van der Waals surface area contributed by atoms with Gasteiger partial charge in [0.2, 0.25) is 5.91 Å². The monoisotopic (exact) mass is 165 g/mol. The number of amides is 1. The van der Waals surface area contributed by atoms with Gasteiger partial charge in [-0.2, -0.15) is 10.2 Å². The molecule has 0 aliphatic carbocycles. The SMILES string of the molecule is CC(C)C(=O)Nc1ccnnc1. The molecule has 0 aliphatic rings. The van der Waals surface area contributed by atoms with Gasteiger partial charge in [-0.05, 0) is 6.07 Å². The number of nitrogens with one attached hydrogen (secondary N) is 1. The summed E-state index contributed by atoms with van der Waals surface area (Å²) < 4.78 is 0. The Kier molecular flexibility index (Phi) is 2.74. The van der Waals surface area contributed by atoms with Gasteiger partial charge in [0.1, 0.15) is 0 Å². The lowest BCUT2D eigenvalue weighted by molar-refractivity contribution is -0.118. The minimum atomic E-state index is -0.0156. The van der Waals surface area contributed by atoms with Crippen LogP contribution >= 0.6 is 0 Å². The van der Waals surface area contributed by atoms with E-state index >= 15 is 0 Å². The Hall–Kier alpha value is -1.45. The molecule has 0 saturated carbocycles. The summed E-state index contributed by atoms with van der Waals surface area (Å²) in [5.74, 6) is -0.0267. The number of anilines is 1. The normalized spacial score (nSPS) is 9.92. The van der Waals surface area contributed by atoms with Crippen molar-refractivity contribution in [3.05, 3.63) is 18.5 Å². The van der Waals surface area contributed by atoms with E-state index < -0.39 is 0 Å². The van der Waals surface area contributed by atoms with E-state index in [4.69, 9.17) is 0 Å². The number of nitrogens with zero attached hydrogens (tertiary/aromatic N) is 2. The molecule has 0 aromatic carbocycles. The third-order valence-electron chi connectivity index (χ3n) is 1.38. The Morgan fingerprint density at radius 3 is 2.75 bits per heavy atom. The first-order valence-corrected chi connectivity index (χ1v) is 3.77. The molecule has 0 atom stereocenters. The number of rotatable bonds is 2. The Balaban J connectivity index is 2.59. The molecule has 0 spiro atoms. The molecule has 0 fully saturated rings. The number of carbonyl (C=O) groups excluding carboxylic acids is 1. The summed E-state index contributed by atoms with van der Waals surface area (Å²) in [6.07, 6.45) is 3.05. The van der Waals surface area contributed by atoms with Gasteiger partial charge in [-0.1, -0.05) is 13.8 Å². The predicted molar refractivity (Wildman–Crippen MR) is 45.5 cm³/mol.